The van der Waals surface area contributed by atoms with Crippen LogP contribution < -0.4 is 11.1 Å². The van der Waals surface area contributed by atoms with Crippen molar-refractivity contribution in [1.29, 1.82) is 0 Å². The number of nitrogens with two attached hydrogens (primary N) is 1. The van der Waals surface area contributed by atoms with Gasteiger partial charge in [0.1, 0.15) is 5.52 Å². The Kier molecular flexibility index (Phi) is 5.43. The molecule has 4 aromatic rings. The van der Waals surface area contributed by atoms with Crippen molar-refractivity contribution in [2.75, 3.05) is 11.9 Å². The fourth-order valence-electron chi connectivity index (χ4n) is 3.09. The minimum absolute atomic E-state index is 0.119. The average molecular weight is 446 g/mol. The summed E-state index contributed by atoms with van der Waals surface area (Å²) >= 11 is 6.39. The van der Waals surface area contributed by atoms with Crippen LogP contribution in [0.3, 0.4) is 0 Å². The molecule has 1 amide bonds. The third kappa shape index (κ3) is 4.40. The van der Waals surface area contributed by atoms with Gasteiger partial charge in [-0.1, -0.05) is 29.8 Å². The van der Waals surface area contributed by atoms with Crippen LogP contribution in [-0.4, -0.2) is 17.4 Å². The molecule has 0 aliphatic heterocycles. The molecular formula is C22H15ClF3N3O2. The van der Waals surface area contributed by atoms with Gasteiger partial charge in [-0.25, -0.2) is 4.98 Å². The number of hydrogen-bond donors (Lipinski definition) is 2. The molecule has 158 valence electrons. The molecule has 0 bridgehead atoms. The summed E-state index contributed by atoms with van der Waals surface area (Å²) in [5.41, 5.74) is 7.42. The highest BCUT2D eigenvalue weighted by Gasteiger charge is 2.31. The molecule has 9 heteroatoms. The molecular weight excluding hydrogens is 431 g/mol. The number of alkyl halides is 3. The van der Waals surface area contributed by atoms with E-state index in [-0.39, 0.29) is 29.4 Å². The third-order valence-electron chi connectivity index (χ3n) is 4.57. The number of carbonyl (C=O) groups is 1. The van der Waals surface area contributed by atoms with Gasteiger partial charge in [-0.3, -0.25) is 4.79 Å². The third-order valence-corrected chi connectivity index (χ3v) is 4.89. The van der Waals surface area contributed by atoms with E-state index in [4.69, 9.17) is 21.8 Å². The highest BCUT2D eigenvalue weighted by atomic mass is 35.5. The Morgan fingerprint density at radius 2 is 1.84 bits per heavy atom. The second-order valence-electron chi connectivity index (χ2n) is 6.73. The first-order valence-corrected chi connectivity index (χ1v) is 9.50. The maximum Gasteiger partial charge on any atom is 0.416 e. The molecule has 1 aromatic heterocycles. The molecule has 0 fully saturated rings. The van der Waals surface area contributed by atoms with Gasteiger partial charge in [0.05, 0.1) is 17.1 Å². The first-order valence-electron chi connectivity index (χ1n) is 9.12. The summed E-state index contributed by atoms with van der Waals surface area (Å²) in [6, 6.07) is 15.3. The second-order valence-corrected chi connectivity index (χ2v) is 7.13. The van der Waals surface area contributed by atoms with Gasteiger partial charge in [0.25, 0.3) is 0 Å². The number of amides is 1. The Morgan fingerprint density at radius 3 is 2.55 bits per heavy atom. The predicted molar refractivity (Wildman–Crippen MR) is 113 cm³/mol. The Bertz CT molecular complexity index is 1280. The maximum absolute atomic E-state index is 12.9. The molecule has 31 heavy (non-hydrogen) atoms. The van der Waals surface area contributed by atoms with Crippen molar-refractivity contribution in [3.8, 4) is 22.6 Å². The lowest BCUT2D eigenvalue weighted by Crippen LogP contribution is -2.21. The van der Waals surface area contributed by atoms with E-state index < -0.39 is 11.7 Å². The summed E-state index contributed by atoms with van der Waals surface area (Å²) in [5.74, 6) is -0.144. The molecule has 0 aliphatic rings. The number of benzene rings is 3. The van der Waals surface area contributed by atoms with Gasteiger partial charge >= 0.3 is 6.18 Å². The van der Waals surface area contributed by atoms with Gasteiger partial charge in [-0.15, -0.1) is 0 Å². The number of fused-ring (bicyclic) bond motifs is 1. The molecule has 0 spiro atoms. The maximum atomic E-state index is 12.9. The number of carbonyl (C=O) groups excluding carboxylic acids is 1. The smallest absolute Gasteiger partial charge is 0.416 e. The Balaban J connectivity index is 1.68. The number of nitrogens with zero attached hydrogens (tertiary/aromatic N) is 1. The zero-order valence-corrected chi connectivity index (χ0v) is 16.6. The summed E-state index contributed by atoms with van der Waals surface area (Å²) in [6.45, 7) is -0.142. The van der Waals surface area contributed by atoms with E-state index in [1.807, 2.05) is 6.07 Å². The van der Waals surface area contributed by atoms with E-state index in [1.165, 1.54) is 6.07 Å². The van der Waals surface area contributed by atoms with Crippen LogP contribution in [0.15, 0.2) is 65.1 Å². The number of anilines is 1. The van der Waals surface area contributed by atoms with Gasteiger partial charge in [0, 0.05) is 16.8 Å². The molecule has 0 aliphatic carbocycles. The zero-order valence-electron chi connectivity index (χ0n) is 15.8. The molecule has 0 atom stereocenters. The van der Waals surface area contributed by atoms with Gasteiger partial charge in [0.15, 0.2) is 5.58 Å². The SMILES string of the molecule is NCC(=O)Nc1ccc(-c2cccc(-c3nc4cc(C(F)(F)F)ccc4o3)c2)c(Cl)c1. The van der Waals surface area contributed by atoms with Crippen molar-refractivity contribution < 1.29 is 22.4 Å². The fraction of sp³-hybridized carbons (Fsp3) is 0.0909. The Labute approximate surface area is 179 Å². The molecule has 0 saturated carbocycles. The summed E-state index contributed by atoms with van der Waals surface area (Å²) in [5, 5.41) is 3.03. The monoisotopic (exact) mass is 445 g/mol. The lowest BCUT2D eigenvalue weighted by molar-refractivity contribution is -0.137. The number of oxazole rings is 1. The van der Waals surface area contributed by atoms with E-state index in [0.717, 1.165) is 17.7 Å². The average Bonchev–Trinajstić information content (AvgIpc) is 3.17. The van der Waals surface area contributed by atoms with Crippen LogP contribution in [0.5, 0.6) is 0 Å². The van der Waals surface area contributed by atoms with Gasteiger partial charge in [-0.2, -0.15) is 13.2 Å². The summed E-state index contributed by atoms with van der Waals surface area (Å²) < 4.78 is 44.5. The van der Waals surface area contributed by atoms with Gasteiger partial charge < -0.3 is 15.5 Å². The van der Waals surface area contributed by atoms with E-state index in [9.17, 15) is 18.0 Å². The minimum Gasteiger partial charge on any atom is -0.436 e. The number of halogens is 4. The fourth-order valence-corrected chi connectivity index (χ4v) is 3.38. The van der Waals surface area contributed by atoms with Crippen LogP contribution in [-0.2, 0) is 11.0 Å². The summed E-state index contributed by atoms with van der Waals surface area (Å²) in [7, 11) is 0. The number of aromatic nitrogens is 1. The predicted octanol–water partition coefficient (Wildman–Crippen LogP) is 5.73. The normalized spacial score (nSPS) is 11.6. The number of rotatable bonds is 4. The summed E-state index contributed by atoms with van der Waals surface area (Å²) in [6.07, 6.45) is -4.46. The highest BCUT2D eigenvalue weighted by molar-refractivity contribution is 6.33. The minimum atomic E-state index is -4.46. The quantitative estimate of drug-likeness (QED) is 0.420. The molecule has 4 rings (SSSR count). The standard InChI is InChI=1S/C22H15ClF3N3O2/c23-17-10-15(28-20(30)11-27)5-6-16(17)12-2-1-3-13(8-12)21-29-18-9-14(22(24,25)26)4-7-19(18)31-21/h1-10H,11,27H2,(H,28,30). The largest absolute Gasteiger partial charge is 0.436 e. The highest BCUT2D eigenvalue weighted by Crippen LogP contribution is 2.35. The van der Waals surface area contributed by atoms with Gasteiger partial charge in [0.2, 0.25) is 11.8 Å². The molecule has 0 unspecified atom stereocenters. The molecule has 0 saturated heterocycles. The second kappa shape index (κ2) is 8.05. The van der Waals surface area contributed by atoms with Crippen LogP contribution in [0.4, 0.5) is 18.9 Å². The number of hydrogen-bond acceptors (Lipinski definition) is 4. The van der Waals surface area contributed by atoms with Gasteiger partial charge in [-0.05, 0) is 48.0 Å². The molecule has 0 radical (unpaired) electrons. The van der Waals surface area contributed by atoms with E-state index >= 15 is 0 Å². The van der Waals surface area contributed by atoms with E-state index in [0.29, 0.717) is 21.8 Å². The molecule has 3 N–H and O–H groups in total. The Hall–Kier alpha value is -3.36. The molecule has 5 nitrogen and oxygen atoms in total. The lowest BCUT2D eigenvalue weighted by Gasteiger charge is -2.09. The van der Waals surface area contributed by atoms with Crippen LogP contribution in [0.2, 0.25) is 5.02 Å². The van der Waals surface area contributed by atoms with Crippen LogP contribution in [0.1, 0.15) is 5.56 Å². The van der Waals surface area contributed by atoms with E-state index in [1.54, 1.807) is 36.4 Å². The van der Waals surface area contributed by atoms with E-state index in [2.05, 4.69) is 10.3 Å². The zero-order chi connectivity index (χ0) is 22.2. The molecule has 3 aromatic carbocycles. The summed E-state index contributed by atoms with van der Waals surface area (Å²) in [4.78, 5) is 15.7. The van der Waals surface area contributed by atoms with Crippen molar-refractivity contribution in [3.63, 3.8) is 0 Å². The lowest BCUT2D eigenvalue weighted by atomic mass is 10.0. The molecule has 1 heterocycles. The van der Waals surface area contributed by atoms with Crippen LogP contribution >= 0.6 is 11.6 Å². The van der Waals surface area contributed by atoms with Crippen molar-refractivity contribution >= 4 is 34.3 Å². The van der Waals surface area contributed by atoms with Crippen LogP contribution in [0.25, 0.3) is 33.7 Å². The van der Waals surface area contributed by atoms with Crippen molar-refractivity contribution in [3.05, 3.63) is 71.2 Å². The first kappa shape index (κ1) is 20.9. The number of nitrogens with one attached hydrogen (secondary N) is 1. The van der Waals surface area contributed by atoms with Crippen molar-refractivity contribution in [1.82, 2.24) is 4.98 Å². The first-order chi connectivity index (χ1) is 14.7. The Morgan fingerprint density at radius 1 is 1.06 bits per heavy atom. The van der Waals surface area contributed by atoms with Crippen molar-refractivity contribution in [2.45, 2.75) is 6.18 Å². The topological polar surface area (TPSA) is 81.2 Å². The van der Waals surface area contributed by atoms with Crippen molar-refractivity contribution in [2.24, 2.45) is 5.73 Å². The van der Waals surface area contributed by atoms with Crippen LogP contribution in [0, 0.1) is 0 Å².